The second-order valence-corrected chi connectivity index (χ2v) is 7.14. The molecule has 1 aliphatic heterocycles. The molecule has 8 nitrogen and oxygen atoms in total. The number of benzene rings is 1. The van der Waals surface area contributed by atoms with Gasteiger partial charge in [0.05, 0.1) is 31.7 Å². The number of hydrogen-bond donors (Lipinski definition) is 2. The number of morpholine rings is 1. The van der Waals surface area contributed by atoms with Crippen LogP contribution in [0.2, 0.25) is 0 Å². The molecule has 5 rings (SSSR count). The molecule has 2 N–H and O–H groups in total. The molecule has 1 atom stereocenters. The minimum atomic E-state index is -0.301. The lowest BCUT2D eigenvalue weighted by molar-refractivity contribution is 0.0255. The van der Waals surface area contributed by atoms with Gasteiger partial charge in [-0.15, -0.1) is 0 Å². The minimum absolute atomic E-state index is 0.277. The Morgan fingerprint density at radius 3 is 2.87 bits per heavy atom. The summed E-state index contributed by atoms with van der Waals surface area (Å²) in [7, 11) is 1.56. The molecule has 1 saturated heterocycles. The second-order valence-electron chi connectivity index (χ2n) is 7.14. The van der Waals surface area contributed by atoms with Gasteiger partial charge in [-0.2, -0.15) is 4.98 Å². The summed E-state index contributed by atoms with van der Waals surface area (Å²) in [4.78, 5) is 13.1. The van der Waals surface area contributed by atoms with Crippen molar-refractivity contribution in [1.29, 1.82) is 0 Å². The highest BCUT2D eigenvalue weighted by atomic mass is 19.1. The van der Waals surface area contributed by atoms with Crippen molar-refractivity contribution in [3.63, 3.8) is 0 Å². The van der Waals surface area contributed by atoms with Crippen LogP contribution in [-0.2, 0) is 4.74 Å². The zero-order valence-electron chi connectivity index (χ0n) is 16.9. The van der Waals surface area contributed by atoms with Gasteiger partial charge >= 0.3 is 0 Å². The van der Waals surface area contributed by atoms with Gasteiger partial charge in [-0.1, -0.05) is 6.07 Å². The lowest BCUT2D eigenvalue weighted by Crippen LogP contribution is -2.33. The molecule has 1 aromatic carbocycles. The minimum Gasteiger partial charge on any atom is -0.481 e. The number of anilines is 2. The fourth-order valence-electron chi connectivity index (χ4n) is 3.58. The molecule has 0 amide bonds. The molecule has 4 heterocycles. The summed E-state index contributed by atoms with van der Waals surface area (Å²) in [5.74, 6) is 0.638. The van der Waals surface area contributed by atoms with E-state index in [1.165, 1.54) is 6.07 Å². The monoisotopic (exact) mass is 420 g/mol. The van der Waals surface area contributed by atoms with Crippen LogP contribution >= 0.6 is 0 Å². The van der Waals surface area contributed by atoms with Gasteiger partial charge in [0.2, 0.25) is 11.8 Å². The second kappa shape index (κ2) is 8.29. The zero-order valence-corrected chi connectivity index (χ0v) is 16.9. The molecule has 0 spiro atoms. The van der Waals surface area contributed by atoms with Crippen molar-refractivity contribution in [2.75, 3.05) is 32.1 Å². The summed E-state index contributed by atoms with van der Waals surface area (Å²) >= 11 is 0. The Morgan fingerprint density at radius 1 is 1.19 bits per heavy atom. The number of nitrogens with zero attached hydrogens (tertiary/aromatic N) is 4. The maximum Gasteiger partial charge on any atom is 0.229 e. The summed E-state index contributed by atoms with van der Waals surface area (Å²) in [6.45, 7) is 1.96. The standard InChI is InChI=1S/C22H21FN6O2/c1-30-20-5-2-15(12-25-20)27-22-26-11-14-6-8-29(21(14)28-22)16-3-4-17(18(23)10-16)19-13-24-7-9-31-19/h2-6,8,10-12,19,24H,7,9,13H2,1H3,(H,26,27,28). The molecule has 9 heteroatoms. The highest BCUT2D eigenvalue weighted by Crippen LogP contribution is 2.26. The van der Waals surface area contributed by atoms with Gasteiger partial charge in [-0.25, -0.2) is 14.4 Å². The number of pyridine rings is 1. The molecule has 0 saturated carbocycles. The van der Waals surface area contributed by atoms with Crippen molar-refractivity contribution < 1.29 is 13.9 Å². The Hall–Kier alpha value is -3.56. The van der Waals surface area contributed by atoms with Crippen molar-refractivity contribution in [1.82, 2.24) is 24.8 Å². The van der Waals surface area contributed by atoms with Crippen LogP contribution in [0.25, 0.3) is 16.7 Å². The highest BCUT2D eigenvalue weighted by molar-refractivity contribution is 5.78. The van der Waals surface area contributed by atoms with E-state index in [1.807, 2.05) is 29.0 Å². The first-order valence-corrected chi connectivity index (χ1v) is 9.94. The quantitative estimate of drug-likeness (QED) is 0.512. The van der Waals surface area contributed by atoms with Crippen LogP contribution in [0, 0.1) is 5.82 Å². The lowest BCUT2D eigenvalue weighted by Gasteiger charge is -2.24. The summed E-state index contributed by atoms with van der Waals surface area (Å²) in [5, 5.41) is 7.21. The van der Waals surface area contributed by atoms with Gasteiger partial charge in [0, 0.05) is 48.2 Å². The van der Waals surface area contributed by atoms with Crippen LogP contribution in [0.3, 0.4) is 0 Å². The van der Waals surface area contributed by atoms with E-state index in [0.29, 0.717) is 41.9 Å². The van der Waals surface area contributed by atoms with Crippen LogP contribution in [0.4, 0.5) is 16.0 Å². The molecule has 1 aliphatic rings. The maximum absolute atomic E-state index is 14.9. The Bertz CT molecular complexity index is 1200. The molecular formula is C22H21FN6O2. The topological polar surface area (TPSA) is 86.1 Å². The van der Waals surface area contributed by atoms with E-state index in [9.17, 15) is 4.39 Å². The molecule has 0 radical (unpaired) electrons. The summed E-state index contributed by atoms with van der Waals surface area (Å²) in [6.07, 6.45) is 4.94. The van der Waals surface area contributed by atoms with E-state index < -0.39 is 0 Å². The van der Waals surface area contributed by atoms with Crippen LogP contribution in [0.1, 0.15) is 11.7 Å². The third kappa shape index (κ3) is 3.92. The van der Waals surface area contributed by atoms with E-state index in [4.69, 9.17) is 9.47 Å². The Morgan fingerprint density at radius 2 is 2.13 bits per heavy atom. The maximum atomic E-state index is 14.9. The average molecular weight is 420 g/mol. The van der Waals surface area contributed by atoms with Gasteiger partial charge in [-0.3, -0.25) is 0 Å². The predicted octanol–water partition coefficient (Wildman–Crippen LogP) is 3.37. The molecule has 3 aromatic heterocycles. The number of methoxy groups -OCH3 is 1. The zero-order chi connectivity index (χ0) is 21.2. The first kappa shape index (κ1) is 19.4. The molecule has 4 aromatic rings. The number of rotatable bonds is 5. The largest absolute Gasteiger partial charge is 0.481 e. The molecule has 0 bridgehead atoms. The SMILES string of the molecule is COc1ccc(Nc2ncc3ccn(-c4ccc(C5CNCCO5)c(F)c4)c3n2)cn1. The first-order valence-electron chi connectivity index (χ1n) is 9.94. The van der Waals surface area contributed by atoms with E-state index >= 15 is 0 Å². The fourth-order valence-corrected chi connectivity index (χ4v) is 3.58. The normalized spacial score (nSPS) is 16.4. The summed E-state index contributed by atoms with van der Waals surface area (Å²) < 4.78 is 27.5. The van der Waals surface area contributed by atoms with Crippen molar-refractivity contribution in [3.05, 3.63) is 66.4 Å². The molecular weight excluding hydrogens is 399 g/mol. The van der Waals surface area contributed by atoms with E-state index in [0.717, 1.165) is 17.6 Å². The van der Waals surface area contributed by atoms with Crippen molar-refractivity contribution in [2.24, 2.45) is 0 Å². The van der Waals surface area contributed by atoms with Crippen molar-refractivity contribution in [2.45, 2.75) is 6.10 Å². The number of nitrogens with one attached hydrogen (secondary N) is 2. The third-order valence-corrected chi connectivity index (χ3v) is 5.17. The molecule has 158 valence electrons. The Kier molecular flexibility index (Phi) is 5.19. The van der Waals surface area contributed by atoms with Crippen molar-refractivity contribution >= 4 is 22.7 Å². The van der Waals surface area contributed by atoms with Crippen LogP contribution in [0.15, 0.2) is 55.0 Å². The fraction of sp³-hybridized carbons (Fsp3) is 0.227. The Labute approximate surface area is 178 Å². The molecule has 1 unspecified atom stereocenters. The summed E-state index contributed by atoms with van der Waals surface area (Å²) in [5.41, 5.74) is 2.63. The average Bonchev–Trinajstić information content (AvgIpc) is 3.23. The smallest absolute Gasteiger partial charge is 0.229 e. The number of fused-ring (bicyclic) bond motifs is 1. The van der Waals surface area contributed by atoms with E-state index in [1.54, 1.807) is 31.6 Å². The van der Waals surface area contributed by atoms with Gasteiger partial charge in [0.1, 0.15) is 11.5 Å². The molecule has 1 fully saturated rings. The van der Waals surface area contributed by atoms with Gasteiger partial charge < -0.3 is 24.7 Å². The van der Waals surface area contributed by atoms with Crippen LogP contribution < -0.4 is 15.4 Å². The van der Waals surface area contributed by atoms with Gasteiger partial charge in [-0.05, 0) is 24.3 Å². The number of aromatic nitrogens is 4. The van der Waals surface area contributed by atoms with Gasteiger partial charge in [0.15, 0.2) is 0 Å². The highest BCUT2D eigenvalue weighted by Gasteiger charge is 2.20. The van der Waals surface area contributed by atoms with Crippen LogP contribution in [0.5, 0.6) is 5.88 Å². The van der Waals surface area contributed by atoms with E-state index in [-0.39, 0.29) is 11.9 Å². The lowest BCUT2D eigenvalue weighted by atomic mass is 10.1. The van der Waals surface area contributed by atoms with Crippen molar-refractivity contribution in [3.8, 4) is 11.6 Å². The Balaban J connectivity index is 1.44. The van der Waals surface area contributed by atoms with Crippen LogP contribution in [-0.4, -0.2) is 46.3 Å². The van der Waals surface area contributed by atoms with E-state index in [2.05, 4.69) is 25.6 Å². The molecule has 0 aliphatic carbocycles. The first-order chi connectivity index (χ1) is 15.2. The molecule has 31 heavy (non-hydrogen) atoms. The van der Waals surface area contributed by atoms with Gasteiger partial charge in [0.25, 0.3) is 0 Å². The number of ether oxygens (including phenoxy) is 2. The number of halogens is 1. The third-order valence-electron chi connectivity index (χ3n) is 5.17. The summed E-state index contributed by atoms with van der Waals surface area (Å²) in [6, 6.07) is 10.6. The predicted molar refractivity (Wildman–Crippen MR) is 114 cm³/mol. The number of hydrogen-bond acceptors (Lipinski definition) is 7.